The number of halogens is 1. The largest absolute Gasteiger partial charge is 0.480 e. The number of nitrogens with zero attached hydrogens (tertiary/aromatic N) is 2. The van der Waals surface area contributed by atoms with Gasteiger partial charge in [0, 0.05) is 29.4 Å². The van der Waals surface area contributed by atoms with Gasteiger partial charge in [-0.05, 0) is 55.0 Å². The maximum absolute atomic E-state index is 13.3. The maximum atomic E-state index is 13.3. The average Bonchev–Trinajstić information content (AvgIpc) is 2.87. The zero-order valence-corrected chi connectivity index (χ0v) is 22.3. The summed E-state index contributed by atoms with van der Waals surface area (Å²) < 4.78 is 27.3. The second-order valence-corrected chi connectivity index (χ2v) is 11.3. The molecule has 0 radical (unpaired) electrons. The molecule has 1 aliphatic rings. The van der Waals surface area contributed by atoms with E-state index < -0.39 is 40.4 Å². The van der Waals surface area contributed by atoms with E-state index in [4.69, 9.17) is 11.6 Å². The molecule has 2 N–H and O–H groups in total. The number of carboxylic acids is 1. The van der Waals surface area contributed by atoms with Gasteiger partial charge in [0.05, 0.1) is 11.4 Å². The summed E-state index contributed by atoms with van der Waals surface area (Å²) in [5.74, 6) is -2.12. The Labute approximate surface area is 222 Å². The smallest absolute Gasteiger partial charge is 0.323 e. The van der Waals surface area contributed by atoms with E-state index in [0.717, 1.165) is 42.8 Å². The number of amides is 2. The second-order valence-electron chi connectivity index (χ2n) is 9.00. The molecule has 1 saturated heterocycles. The van der Waals surface area contributed by atoms with Gasteiger partial charge in [-0.1, -0.05) is 50.6 Å². The summed E-state index contributed by atoms with van der Waals surface area (Å²) in [6.45, 7) is 1.81. The van der Waals surface area contributed by atoms with Crippen molar-refractivity contribution in [1.29, 1.82) is 0 Å². The zero-order chi connectivity index (χ0) is 27.0. The minimum atomic E-state index is -4.27. The van der Waals surface area contributed by atoms with E-state index in [0.29, 0.717) is 22.8 Å². The number of piperazine rings is 1. The highest BCUT2D eigenvalue weighted by atomic mass is 35.5. The van der Waals surface area contributed by atoms with Gasteiger partial charge >= 0.3 is 5.97 Å². The van der Waals surface area contributed by atoms with Crippen molar-refractivity contribution in [2.75, 3.05) is 25.0 Å². The first-order valence-electron chi connectivity index (χ1n) is 12.3. The van der Waals surface area contributed by atoms with Crippen molar-refractivity contribution in [3.63, 3.8) is 0 Å². The monoisotopic (exact) mass is 549 g/mol. The number of hydrogen-bond donors (Lipinski definition) is 2. The van der Waals surface area contributed by atoms with Crippen molar-refractivity contribution in [2.24, 2.45) is 0 Å². The van der Waals surface area contributed by atoms with Crippen molar-refractivity contribution in [3.05, 3.63) is 59.1 Å². The maximum Gasteiger partial charge on any atom is 0.323 e. The molecular weight excluding hydrogens is 518 g/mol. The molecular formula is C26H32ClN3O6S. The fourth-order valence-corrected chi connectivity index (χ4v) is 5.80. The Balaban J connectivity index is 1.66. The van der Waals surface area contributed by atoms with Crippen LogP contribution < -0.4 is 5.32 Å². The standard InChI is InChI=1S/C26H32ClN3O6S/c1-2-3-4-5-6-7-16-29-17-23(26(33)34)30(18-24(29)31)37(35,36)22-14-12-21(13-15-22)28-25(32)19-8-10-20(27)11-9-19/h8-15,23H,2-7,16-18H2,1H3,(H,28,32)(H,33,34). The summed E-state index contributed by atoms with van der Waals surface area (Å²) in [5, 5.41) is 12.9. The molecule has 0 saturated carbocycles. The molecule has 0 aromatic heterocycles. The van der Waals surface area contributed by atoms with Crippen molar-refractivity contribution >= 4 is 45.1 Å². The molecule has 37 heavy (non-hydrogen) atoms. The van der Waals surface area contributed by atoms with Crippen LogP contribution in [-0.4, -0.2) is 66.2 Å². The predicted molar refractivity (Wildman–Crippen MR) is 141 cm³/mol. The second kappa shape index (κ2) is 13.0. The lowest BCUT2D eigenvalue weighted by atomic mass is 10.1. The Hall–Kier alpha value is -2.95. The van der Waals surface area contributed by atoms with Gasteiger partial charge in [-0.2, -0.15) is 4.31 Å². The Morgan fingerprint density at radius 3 is 2.24 bits per heavy atom. The minimum Gasteiger partial charge on any atom is -0.480 e. The predicted octanol–water partition coefficient (Wildman–Crippen LogP) is 4.24. The first kappa shape index (κ1) is 28.6. The van der Waals surface area contributed by atoms with Crippen LogP contribution in [0.15, 0.2) is 53.4 Å². The number of rotatable bonds is 12. The third kappa shape index (κ3) is 7.53. The molecule has 2 aromatic rings. The van der Waals surface area contributed by atoms with E-state index in [1.807, 2.05) is 0 Å². The van der Waals surface area contributed by atoms with Gasteiger partial charge in [0.2, 0.25) is 15.9 Å². The van der Waals surface area contributed by atoms with Crippen molar-refractivity contribution in [2.45, 2.75) is 56.4 Å². The summed E-state index contributed by atoms with van der Waals surface area (Å²) in [5.41, 5.74) is 0.733. The Morgan fingerprint density at radius 1 is 1.00 bits per heavy atom. The SMILES string of the molecule is CCCCCCCCN1CC(C(=O)O)N(S(=O)(=O)c2ccc(NC(=O)c3ccc(Cl)cc3)cc2)CC1=O. The van der Waals surface area contributed by atoms with Crippen LogP contribution in [0.3, 0.4) is 0 Å². The van der Waals surface area contributed by atoms with Crippen LogP contribution in [0.4, 0.5) is 5.69 Å². The summed E-state index contributed by atoms with van der Waals surface area (Å²) in [6.07, 6.45) is 6.15. The highest BCUT2D eigenvalue weighted by Gasteiger charge is 2.43. The summed E-state index contributed by atoms with van der Waals surface area (Å²) >= 11 is 5.84. The third-order valence-corrected chi connectivity index (χ3v) is 8.40. The van der Waals surface area contributed by atoms with E-state index >= 15 is 0 Å². The number of unbranched alkanes of at least 4 members (excludes halogenated alkanes) is 5. The van der Waals surface area contributed by atoms with Crippen molar-refractivity contribution in [3.8, 4) is 0 Å². The number of nitrogens with one attached hydrogen (secondary N) is 1. The molecule has 1 heterocycles. The van der Waals surface area contributed by atoms with Crippen molar-refractivity contribution in [1.82, 2.24) is 9.21 Å². The van der Waals surface area contributed by atoms with Crippen molar-refractivity contribution < 1.29 is 27.9 Å². The molecule has 0 bridgehead atoms. The topological polar surface area (TPSA) is 124 Å². The lowest BCUT2D eigenvalue weighted by Crippen LogP contribution is -2.60. The van der Waals surface area contributed by atoms with Gasteiger partial charge in [-0.15, -0.1) is 0 Å². The van der Waals surface area contributed by atoms with Crippen LogP contribution in [0.1, 0.15) is 55.8 Å². The summed E-state index contributed by atoms with van der Waals surface area (Å²) in [7, 11) is -4.27. The lowest BCUT2D eigenvalue weighted by Gasteiger charge is -2.38. The number of benzene rings is 2. The minimum absolute atomic E-state index is 0.166. The van der Waals surface area contributed by atoms with E-state index in [1.165, 1.54) is 29.2 Å². The fourth-order valence-electron chi connectivity index (χ4n) is 4.15. The Kier molecular flexibility index (Phi) is 10.1. The first-order valence-corrected chi connectivity index (χ1v) is 14.1. The number of carbonyl (C=O) groups is 3. The first-order chi connectivity index (χ1) is 17.6. The Bertz CT molecular complexity index is 1200. The molecule has 2 aromatic carbocycles. The van der Waals surface area contributed by atoms with Crippen LogP contribution in [0.2, 0.25) is 5.02 Å². The Morgan fingerprint density at radius 2 is 1.62 bits per heavy atom. The molecule has 0 aliphatic carbocycles. The molecule has 200 valence electrons. The van der Waals surface area contributed by atoms with Crippen LogP contribution in [0.25, 0.3) is 0 Å². The number of hydrogen-bond acceptors (Lipinski definition) is 5. The van der Waals surface area contributed by atoms with E-state index in [-0.39, 0.29) is 11.4 Å². The van der Waals surface area contributed by atoms with E-state index in [2.05, 4.69) is 12.2 Å². The number of carbonyl (C=O) groups excluding carboxylic acids is 2. The van der Waals surface area contributed by atoms with Gasteiger partial charge in [0.15, 0.2) is 0 Å². The lowest BCUT2D eigenvalue weighted by molar-refractivity contribution is -0.148. The highest BCUT2D eigenvalue weighted by Crippen LogP contribution is 2.24. The molecule has 2 amide bonds. The quantitative estimate of drug-likeness (QED) is 0.382. The molecule has 1 fully saturated rings. The normalized spacial score (nSPS) is 16.5. The molecule has 1 aliphatic heterocycles. The number of anilines is 1. The molecule has 1 unspecified atom stereocenters. The van der Waals surface area contributed by atoms with Gasteiger partial charge in [0.1, 0.15) is 6.04 Å². The van der Waals surface area contributed by atoms with Gasteiger partial charge in [-0.25, -0.2) is 8.42 Å². The molecule has 3 rings (SSSR count). The van der Waals surface area contributed by atoms with Gasteiger partial charge < -0.3 is 15.3 Å². The van der Waals surface area contributed by atoms with E-state index in [1.54, 1.807) is 24.3 Å². The third-order valence-electron chi connectivity index (χ3n) is 6.28. The van der Waals surface area contributed by atoms with Crippen LogP contribution in [0, 0.1) is 0 Å². The van der Waals surface area contributed by atoms with Gasteiger partial charge in [-0.3, -0.25) is 14.4 Å². The van der Waals surface area contributed by atoms with Crippen LogP contribution >= 0.6 is 11.6 Å². The molecule has 1 atom stereocenters. The number of sulfonamides is 1. The molecule has 0 spiro atoms. The zero-order valence-electron chi connectivity index (χ0n) is 20.7. The summed E-state index contributed by atoms with van der Waals surface area (Å²) in [4.78, 5) is 38.4. The molecule has 11 heteroatoms. The average molecular weight is 550 g/mol. The summed E-state index contributed by atoms with van der Waals surface area (Å²) in [6, 6.07) is 10.3. The van der Waals surface area contributed by atoms with E-state index in [9.17, 15) is 27.9 Å². The van der Waals surface area contributed by atoms with Crippen LogP contribution in [0.5, 0.6) is 0 Å². The fraction of sp³-hybridized carbons (Fsp3) is 0.423. The number of carboxylic acid groups (broad SMARTS) is 1. The van der Waals surface area contributed by atoms with Gasteiger partial charge in [0.25, 0.3) is 5.91 Å². The van der Waals surface area contributed by atoms with Crippen LogP contribution in [-0.2, 0) is 19.6 Å². The number of aliphatic carboxylic acids is 1. The molecule has 9 nitrogen and oxygen atoms in total. The highest BCUT2D eigenvalue weighted by molar-refractivity contribution is 7.89.